The summed E-state index contributed by atoms with van der Waals surface area (Å²) in [5.41, 5.74) is 1.98. The van der Waals surface area contributed by atoms with Gasteiger partial charge >= 0.3 is 0 Å². The van der Waals surface area contributed by atoms with Crippen molar-refractivity contribution in [2.75, 3.05) is 0 Å². The number of aliphatic hydroxyl groups is 1. The topological polar surface area (TPSA) is 62.2 Å². The first kappa shape index (κ1) is 15.9. The second-order valence-electron chi connectivity index (χ2n) is 5.58. The average molecular weight is 335 g/mol. The molecule has 23 heavy (non-hydrogen) atoms. The third-order valence-electron chi connectivity index (χ3n) is 4.08. The maximum Gasteiger partial charge on any atom is 0.227 e. The lowest BCUT2D eigenvalue weighted by Crippen LogP contribution is -2.32. The normalized spacial score (nSPS) is 20.0. The number of aromatic nitrogens is 1. The smallest absolute Gasteiger partial charge is 0.227 e. The summed E-state index contributed by atoms with van der Waals surface area (Å²) >= 11 is 5.96. The van der Waals surface area contributed by atoms with Gasteiger partial charge in [0.2, 0.25) is 5.91 Å². The molecule has 6 heteroatoms. The summed E-state index contributed by atoms with van der Waals surface area (Å²) in [6, 6.07) is 7.66. The zero-order valence-corrected chi connectivity index (χ0v) is 13.1. The Balaban J connectivity index is 1.73. The summed E-state index contributed by atoms with van der Waals surface area (Å²) in [6.45, 7) is 0.229. The minimum absolute atomic E-state index is 0.147. The molecule has 1 aromatic heterocycles. The van der Waals surface area contributed by atoms with Crippen molar-refractivity contribution >= 4 is 17.5 Å². The van der Waals surface area contributed by atoms with E-state index in [-0.39, 0.29) is 23.4 Å². The van der Waals surface area contributed by atoms with Gasteiger partial charge in [0.05, 0.1) is 17.7 Å². The number of carbonyl (C=O) groups excluding carboxylic acids is 1. The van der Waals surface area contributed by atoms with Gasteiger partial charge in [-0.2, -0.15) is 0 Å². The van der Waals surface area contributed by atoms with E-state index in [0.717, 1.165) is 5.56 Å². The van der Waals surface area contributed by atoms with Crippen LogP contribution < -0.4 is 5.32 Å². The molecule has 0 radical (unpaired) electrons. The van der Waals surface area contributed by atoms with Crippen LogP contribution in [0.5, 0.6) is 0 Å². The average Bonchev–Trinajstić information content (AvgIpc) is 2.54. The van der Waals surface area contributed by atoms with Gasteiger partial charge in [0.25, 0.3) is 0 Å². The highest BCUT2D eigenvalue weighted by Gasteiger charge is 2.31. The van der Waals surface area contributed by atoms with Crippen LogP contribution in [0.2, 0.25) is 5.02 Å². The second kappa shape index (κ2) is 6.64. The van der Waals surface area contributed by atoms with Gasteiger partial charge in [-0.1, -0.05) is 23.7 Å². The number of nitrogens with zero attached hydrogens (tertiary/aromatic N) is 1. The highest BCUT2D eigenvalue weighted by Crippen LogP contribution is 2.36. The van der Waals surface area contributed by atoms with Gasteiger partial charge < -0.3 is 10.4 Å². The largest absolute Gasteiger partial charge is 0.387 e. The molecule has 0 aliphatic heterocycles. The van der Waals surface area contributed by atoms with Gasteiger partial charge in [0.15, 0.2) is 0 Å². The van der Waals surface area contributed by atoms with Crippen LogP contribution in [-0.2, 0) is 11.3 Å². The summed E-state index contributed by atoms with van der Waals surface area (Å²) in [5.74, 6) is -0.904. The number of carbonyl (C=O) groups is 1. The molecule has 0 fully saturated rings. The van der Waals surface area contributed by atoms with Crippen LogP contribution in [-0.4, -0.2) is 16.0 Å². The molecular formula is C17H16ClFN2O2. The standard InChI is InChI=1S/C17H16ClFN2O2/c18-14-8-11(19)4-3-10(14)9-21-17(23)13-5-6-15(22)16-12(13)2-1-7-20-16/h1-4,7-8,13,15,22H,5-6,9H2,(H,21,23)/t13-,15+/m0/s1. The summed E-state index contributed by atoms with van der Waals surface area (Å²) in [5, 5.41) is 13.1. The fourth-order valence-corrected chi connectivity index (χ4v) is 3.10. The fourth-order valence-electron chi connectivity index (χ4n) is 2.86. The fraction of sp³-hybridized carbons (Fsp3) is 0.294. The molecule has 0 saturated carbocycles. The van der Waals surface area contributed by atoms with E-state index in [9.17, 15) is 14.3 Å². The maximum absolute atomic E-state index is 13.0. The molecule has 2 atom stereocenters. The van der Waals surface area contributed by atoms with Gasteiger partial charge in [-0.3, -0.25) is 9.78 Å². The third kappa shape index (κ3) is 3.35. The van der Waals surface area contributed by atoms with Crippen LogP contribution in [0.25, 0.3) is 0 Å². The Labute approximate surface area is 138 Å². The van der Waals surface area contributed by atoms with Crippen molar-refractivity contribution in [2.24, 2.45) is 0 Å². The summed E-state index contributed by atoms with van der Waals surface area (Å²) < 4.78 is 13.0. The van der Waals surface area contributed by atoms with Crippen LogP contribution in [0.3, 0.4) is 0 Å². The van der Waals surface area contributed by atoms with E-state index in [1.807, 2.05) is 6.07 Å². The van der Waals surface area contributed by atoms with Gasteiger partial charge in [0.1, 0.15) is 5.82 Å². The van der Waals surface area contributed by atoms with Crippen molar-refractivity contribution in [3.8, 4) is 0 Å². The van der Waals surface area contributed by atoms with Gasteiger partial charge in [-0.05, 0) is 42.2 Å². The predicted molar refractivity (Wildman–Crippen MR) is 84.4 cm³/mol. The molecule has 0 spiro atoms. The summed E-state index contributed by atoms with van der Waals surface area (Å²) in [6.07, 6.45) is 2.05. The minimum Gasteiger partial charge on any atom is -0.387 e. The van der Waals surface area contributed by atoms with Gasteiger partial charge in [-0.25, -0.2) is 4.39 Å². The third-order valence-corrected chi connectivity index (χ3v) is 4.43. The lowest BCUT2D eigenvalue weighted by atomic mass is 9.83. The van der Waals surface area contributed by atoms with Gasteiger partial charge in [0, 0.05) is 17.8 Å². The molecule has 2 aromatic rings. The monoisotopic (exact) mass is 334 g/mol. The zero-order chi connectivity index (χ0) is 16.4. The van der Waals surface area contributed by atoms with E-state index in [1.165, 1.54) is 12.1 Å². The van der Waals surface area contributed by atoms with Crippen molar-refractivity contribution < 1.29 is 14.3 Å². The van der Waals surface area contributed by atoms with E-state index >= 15 is 0 Å². The number of fused-ring (bicyclic) bond motifs is 1. The summed E-state index contributed by atoms with van der Waals surface area (Å²) in [7, 11) is 0. The molecule has 1 aliphatic carbocycles. The minimum atomic E-state index is -0.623. The number of pyridine rings is 1. The highest BCUT2D eigenvalue weighted by molar-refractivity contribution is 6.31. The molecule has 1 aromatic carbocycles. The number of hydrogen-bond donors (Lipinski definition) is 2. The number of nitrogens with one attached hydrogen (secondary N) is 1. The van der Waals surface area contributed by atoms with Crippen molar-refractivity contribution in [3.05, 3.63) is 64.2 Å². The van der Waals surface area contributed by atoms with Crippen LogP contribution >= 0.6 is 11.6 Å². The molecule has 0 unspecified atom stereocenters. The Kier molecular flexibility index (Phi) is 4.59. The molecule has 0 bridgehead atoms. The molecule has 0 saturated heterocycles. The van der Waals surface area contributed by atoms with Crippen molar-refractivity contribution in [1.82, 2.24) is 10.3 Å². The molecule has 1 heterocycles. The number of halogens is 2. The lowest BCUT2D eigenvalue weighted by molar-refractivity contribution is -0.123. The number of amides is 1. The number of hydrogen-bond acceptors (Lipinski definition) is 3. The number of benzene rings is 1. The Hall–Kier alpha value is -1.98. The zero-order valence-electron chi connectivity index (χ0n) is 12.3. The van der Waals surface area contributed by atoms with Crippen LogP contribution in [0.15, 0.2) is 36.5 Å². The quantitative estimate of drug-likeness (QED) is 0.906. The Bertz CT molecular complexity index is 738. The van der Waals surface area contributed by atoms with Crippen molar-refractivity contribution in [2.45, 2.75) is 31.4 Å². The molecule has 1 aliphatic rings. The number of aliphatic hydroxyl groups excluding tert-OH is 1. The molecule has 1 amide bonds. The van der Waals surface area contributed by atoms with Crippen LogP contribution in [0.4, 0.5) is 4.39 Å². The van der Waals surface area contributed by atoms with E-state index in [0.29, 0.717) is 24.1 Å². The first-order chi connectivity index (χ1) is 11.1. The van der Waals surface area contributed by atoms with E-state index in [1.54, 1.807) is 18.3 Å². The molecule has 3 rings (SSSR count). The van der Waals surface area contributed by atoms with Crippen molar-refractivity contribution in [3.63, 3.8) is 0 Å². The Morgan fingerprint density at radius 2 is 2.22 bits per heavy atom. The van der Waals surface area contributed by atoms with Crippen LogP contribution in [0.1, 0.15) is 41.7 Å². The Morgan fingerprint density at radius 1 is 1.39 bits per heavy atom. The summed E-state index contributed by atoms with van der Waals surface area (Å²) in [4.78, 5) is 16.7. The van der Waals surface area contributed by atoms with E-state index in [4.69, 9.17) is 11.6 Å². The second-order valence-corrected chi connectivity index (χ2v) is 5.98. The predicted octanol–water partition coefficient (Wildman–Crippen LogP) is 3.10. The number of rotatable bonds is 3. The highest BCUT2D eigenvalue weighted by atomic mass is 35.5. The molecular weight excluding hydrogens is 319 g/mol. The lowest BCUT2D eigenvalue weighted by Gasteiger charge is -2.27. The maximum atomic E-state index is 13.0. The van der Waals surface area contributed by atoms with Crippen molar-refractivity contribution in [1.29, 1.82) is 0 Å². The first-order valence-electron chi connectivity index (χ1n) is 7.41. The van der Waals surface area contributed by atoms with E-state index in [2.05, 4.69) is 10.3 Å². The van der Waals surface area contributed by atoms with E-state index < -0.39 is 11.9 Å². The SMILES string of the molecule is O=C(NCc1ccc(F)cc1Cl)[C@H]1CC[C@@H](O)c2ncccc21. The van der Waals surface area contributed by atoms with Gasteiger partial charge in [-0.15, -0.1) is 0 Å². The Morgan fingerprint density at radius 3 is 3.00 bits per heavy atom. The first-order valence-corrected chi connectivity index (χ1v) is 7.78. The molecule has 120 valence electrons. The van der Waals surface area contributed by atoms with Crippen LogP contribution in [0, 0.1) is 5.82 Å². The molecule has 4 nitrogen and oxygen atoms in total. The molecule has 2 N–H and O–H groups in total.